The molecule has 0 saturated heterocycles. The maximum Gasteiger partial charge on any atom is 0.282 e. The van der Waals surface area contributed by atoms with Crippen molar-refractivity contribution in [3.63, 3.8) is 0 Å². The molecule has 0 spiro atoms. The Balaban J connectivity index is 1.99. The van der Waals surface area contributed by atoms with Crippen molar-refractivity contribution < 1.29 is 5.21 Å². The summed E-state index contributed by atoms with van der Waals surface area (Å²) >= 11 is 0. The van der Waals surface area contributed by atoms with Crippen molar-refractivity contribution in [3.8, 4) is 5.69 Å². The summed E-state index contributed by atoms with van der Waals surface area (Å²) < 4.78 is 1.19. The van der Waals surface area contributed by atoms with E-state index >= 15 is 0 Å². The van der Waals surface area contributed by atoms with Crippen molar-refractivity contribution in [1.29, 1.82) is 0 Å². The van der Waals surface area contributed by atoms with Crippen molar-refractivity contribution in [3.05, 3.63) is 52.8 Å². The van der Waals surface area contributed by atoms with E-state index in [0.29, 0.717) is 32.5 Å². The van der Waals surface area contributed by atoms with E-state index in [4.69, 9.17) is 0 Å². The second-order valence-electron chi connectivity index (χ2n) is 4.48. The minimum atomic E-state index is -0.267. The van der Waals surface area contributed by atoms with Gasteiger partial charge in [-0.15, -0.1) is 10.2 Å². The van der Waals surface area contributed by atoms with Gasteiger partial charge in [-0.1, -0.05) is 22.2 Å². The molecule has 8 heteroatoms. The first-order valence-electron chi connectivity index (χ1n) is 6.14. The first kappa shape index (κ1) is 11.5. The average Bonchev–Trinajstić information content (AvgIpc) is 2.89. The van der Waals surface area contributed by atoms with Crippen LogP contribution in [-0.4, -0.2) is 35.4 Å². The van der Waals surface area contributed by atoms with Crippen molar-refractivity contribution >= 4 is 21.9 Å². The number of aromatic nitrogens is 6. The van der Waals surface area contributed by atoms with Crippen LogP contribution in [0, 0.1) is 0 Å². The zero-order valence-electron chi connectivity index (χ0n) is 10.6. The summed E-state index contributed by atoms with van der Waals surface area (Å²) in [6.45, 7) is 0. The largest absolute Gasteiger partial charge is 0.410 e. The second-order valence-corrected chi connectivity index (χ2v) is 4.48. The van der Waals surface area contributed by atoms with Gasteiger partial charge in [-0.25, -0.2) is 0 Å². The molecule has 0 atom stereocenters. The van der Waals surface area contributed by atoms with Gasteiger partial charge in [-0.3, -0.25) is 4.79 Å². The summed E-state index contributed by atoms with van der Waals surface area (Å²) in [5, 5.41) is 25.2. The van der Waals surface area contributed by atoms with Gasteiger partial charge in [0, 0.05) is 0 Å². The molecule has 8 nitrogen and oxygen atoms in total. The maximum absolute atomic E-state index is 12.4. The molecule has 0 saturated carbocycles. The molecule has 0 aliphatic carbocycles. The van der Waals surface area contributed by atoms with Gasteiger partial charge in [0.05, 0.1) is 11.1 Å². The highest BCUT2D eigenvalue weighted by Gasteiger charge is 2.10. The van der Waals surface area contributed by atoms with Crippen LogP contribution in [0.2, 0.25) is 0 Å². The Morgan fingerprint density at radius 1 is 0.952 bits per heavy atom. The van der Waals surface area contributed by atoms with E-state index in [1.165, 1.54) is 4.68 Å². The van der Waals surface area contributed by atoms with Crippen LogP contribution in [0.4, 0.5) is 0 Å². The highest BCUT2D eigenvalue weighted by Crippen LogP contribution is 2.14. The number of nitrogens with zero attached hydrogens (tertiary/aromatic N) is 6. The molecule has 0 fully saturated rings. The van der Waals surface area contributed by atoms with Crippen LogP contribution in [0.3, 0.4) is 0 Å². The van der Waals surface area contributed by atoms with Crippen LogP contribution in [-0.2, 0) is 0 Å². The number of fused-ring (bicyclic) bond motifs is 2. The van der Waals surface area contributed by atoms with Gasteiger partial charge in [0.2, 0.25) is 0 Å². The lowest BCUT2D eigenvalue weighted by Crippen LogP contribution is -2.22. The van der Waals surface area contributed by atoms with E-state index in [1.54, 1.807) is 42.5 Å². The van der Waals surface area contributed by atoms with Crippen molar-refractivity contribution in [1.82, 2.24) is 30.2 Å². The monoisotopic (exact) mass is 280 g/mol. The van der Waals surface area contributed by atoms with E-state index < -0.39 is 0 Å². The summed E-state index contributed by atoms with van der Waals surface area (Å²) in [7, 11) is 0. The molecule has 0 aliphatic rings. The van der Waals surface area contributed by atoms with Crippen LogP contribution >= 0.6 is 0 Å². The molecule has 4 rings (SSSR count). The van der Waals surface area contributed by atoms with Gasteiger partial charge in [-0.2, -0.15) is 4.68 Å². The summed E-state index contributed by atoms with van der Waals surface area (Å²) in [6.07, 6.45) is 0. The Labute approximate surface area is 116 Å². The first-order valence-corrected chi connectivity index (χ1v) is 6.14. The zero-order valence-corrected chi connectivity index (χ0v) is 10.6. The van der Waals surface area contributed by atoms with E-state index in [1.807, 2.05) is 0 Å². The molecule has 0 radical (unpaired) electrons. The summed E-state index contributed by atoms with van der Waals surface area (Å²) in [4.78, 5) is 13.1. The van der Waals surface area contributed by atoms with Crippen LogP contribution in [0.5, 0.6) is 0 Å². The van der Waals surface area contributed by atoms with Crippen molar-refractivity contribution in [2.24, 2.45) is 0 Å². The molecule has 0 aliphatic heterocycles. The van der Waals surface area contributed by atoms with Gasteiger partial charge >= 0.3 is 0 Å². The lowest BCUT2D eigenvalue weighted by molar-refractivity contribution is 0.155. The van der Waals surface area contributed by atoms with Gasteiger partial charge in [0.1, 0.15) is 16.6 Å². The lowest BCUT2D eigenvalue weighted by Gasteiger charge is -2.04. The topological polar surface area (TPSA) is 98.7 Å². The molecule has 2 aromatic carbocycles. The third kappa shape index (κ3) is 1.66. The summed E-state index contributed by atoms with van der Waals surface area (Å²) in [5.74, 6) is 0. The molecule has 21 heavy (non-hydrogen) atoms. The molecule has 2 heterocycles. The average molecular weight is 280 g/mol. The SMILES string of the molecule is O=c1c2ccccc2nnn1-c1ccc2c(c1)nnn2O. The predicted octanol–water partition coefficient (Wildman–Crippen LogP) is 0.763. The van der Waals surface area contributed by atoms with E-state index in [9.17, 15) is 10.0 Å². The van der Waals surface area contributed by atoms with Crippen LogP contribution in [0.25, 0.3) is 27.6 Å². The third-order valence-corrected chi connectivity index (χ3v) is 3.22. The fraction of sp³-hybridized carbons (Fsp3) is 0. The molecule has 102 valence electrons. The van der Waals surface area contributed by atoms with Crippen LogP contribution in [0.1, 0.15) is 0 Å². The minimum Gasteiger partial charge on any atom is -0.410 e. The molecule has 0 bridgehead atoms. The van der Waals surface area contributed by atoms with E-state index in [0.717, 1.165) is 0 Å². The second kappa shape index (κ2) is 4.10. The van der Waals surface area contributed by atoms with Gasteiger partial charge in [0.25, 0.3) is 5.56 Å². The Bertz CT molecular complexity index is 1040. The number of hydrogen-bond acceptors (Lipinski definition) is 6. The van der Waals surface area contributed by atoms with E-state index in [-0.39, 0.29) is 5.56 Å². The molecular weight excluding hydrogens is 272 g/mol. The third-order valence-electron chi connectivity index (χ3n) is 3.22. The fourth-order valence-corrected chi connectivity index (χ4v) is 2.19. The Morgan fingerprint density at radius 3 is 2.67 bits per heavy atom. The Kier molecular flexibility index (Phi) is 2.25. The normalized spacial score (nSPS) is 11.2. The fourth-order valence-electron chi connectivity index (χ4n) is 2.19. The summed E-state index contributed by atoms with van der Waals surface area (Å²) in [6, 6.07) is 11.9. The molecule has 0 unspecified atom stereocenters. The lowest BCUT2D eigenvalue weighted by atomic mass is 10.2. The number of benzene rings is 2. The molecule has 1 N–H and O–H groups in total. The van der Waals surface area contributed by atoms with Crippen molar-refractivity contribution in [2.45, 2.75) is 0 Å². The predicted molar refractivity (Wildman–Crippen MR) is 73.4 cm³/mol. The highest BCUT2D eigenvalue weighted by molar-refractivity contribution is 5.78. The zero-order chi connectivity index (χ0) is 14.4. The van der Waals surface area contributed by atoms with Crippen LogP contribution in [0.15, 0.2) is 47.3 Å². The smallest absolute Gasteiger partial charge is 0.282 e. The van der Waals surface area contributed by atoms with Gasteiger partial charge < -0.3 is 5.21 Å². The quantitative estimate of drug-likeness (QED) is 0.517. The molecule has 0 amide bonds. The maximum atomic E-state index is 12.4. The van der Waals surface area contributed by atoms with Crippen molar-refractivity contribution in [2.75, 3.05) is 0 Å². The minimum absolute atomic E-state index is 0.267. The first-order chi connectivity index (χ1) is 10.2. The highest BCUT2D eigenvalue weighted by atomic mass is 16.5. The molecule has 2 aromatic heterocycles. The number of hydrogen-bond donors (Lipinski definition) is 1. The van der Waals surface area contributed by atoms with Crippen LogP contribution < -0.4 is 5.56 Å². The van der Waals surface area contributed by atoms with Gasteiger partial charge in [-0.05, 0) is 35.5 Å². The molecular formula is C13H8N6O2. The molecule has 4 aromatic rings. The summed E-state index contributed by atoms with van der Waals surface area (Å²) in [5.41, 5.74) is 1.68. The van der Waals surface area contributed by atoms with Gasteiger partial charge in [0.15, 0.2) is 0 Å². The number of rotatable bonds is 1. The van der Waals surface area contributed by atoms with E-state index in [2.05, 4.69) is 20.6 Å². The Morgan fingerprint density at radius 2 is 1.76 bits per heavy atom. The Hall–Kier alpha value is -3.29. The standard InChI is InChI=1S/C13H8N6O2/c20-13-9-3-1-2-4-10(9)14-16-18(13)8-5-6-12-11(7-8)15-17-19(12)21/h1-7,21H.